The highest BCUT2D eigenvalue weighted by Crippen LogP contribution is 2.27. The Hall–Kier alpha value is -0.780. The summed E-state index contributed by atoms with van der Waals surface area (Å²) in [6, 6.07) is 8.82. The topological polar surface area (TPSA) is 0 Å². The Morgan fingerprint density at radius 1 is 1.07 bits per heavy atom. The average molecular weight is 190 g/mol. The SMILES string of the molecule is CC(C)Cc1ccccc1C(C)(C)C. The van der Waals surface area contributed by atoms with E-state index in [2.05, 4.69) is 58.9 Å². The van der Waals surface area contributed by atoms with Crippen LogP contribution in [0.5, 0.6) is 0 Å². The van der Waals surface area contributed by atoms with Gasteiger partial charge in [0, 0.05) is 0 Å². The van der Waals surface area contributed by atoms with E-state index >= 15 is 0 Å². The maximum absolute atomic E-state index is 2.28. The van der Waals surface area contributed by atoms with Crippen LogP contribution < -0.4 is 0 Å². The van der Waals surface area contributed by atoms with Crippen LogP contribution in [0, 0.1) is 5.92 Å². The van der Waals surface area contributed by atoms with E-state index in [4.69, 9.17) is 0 Å². The third-order valence-corrected chi connectivity index (χ3v) is 2.45. The first-order valence-electron chi connectivity index (χ1n) is 5.49. The van der Waals surface area contributed by atoms with Gasteiger partial charge in [0.1, 0.15) is 0 Å². The molecule has 0 radical (unpaired) electrons. The van der Waals surface area contributed by atoms with Crippen molar-refractivity contribution in [1.29, 1.82) is 0 Å². The van der Waals surface area contributed by atoms with Crippen LogP contribution in [-0.2, 0) is 11.8 Å². The molecule has 1 rings (SSSR count). The molecule has 0 saturated carbocycles. The molecule has 14 heavy (non-hydrogen) atoms. The zero-order valence-electron chi connectivity index (χ0n) is 10.1. The average Bonchev–Trinajstić information content (AvgIpc) is 2.01. The first-order valence-corrected chi connectivity index (χ1v) is 5.49. The van der Waals surface area contributed by atoms with E-state index in [-0.39, 0.29) is 5.41 Å². The Labute approximate surface area is 88.4 Å². The zero-order chi connectivity index (χ0) is 10.8. The minimum Gasteiger partial charge on any atom is -0.0625 e. The second-order valence-corrected chi connectivity index (χ2v) is 5.51. The van der Waals surface area contributed by atoms with Crippen molar-refractivity contribution in [2.45, 2.75) is 46.5 Å². The second-order valence-electron chi connectivity index (χ2n) is 5.51. The largest absolute Gasteiger partial charge is 0.0625 e. The van der Waals surface area contributed by atoms with Crippen molar-refractivity contribution >= 4 is 0 Å². The number of hydrogen-bond donors (Lipinski definition) is 0. The second kappa shape index (κ2) is 4.16. The van der Waals surface area contributed by atoms with Gasteiger partial charge in [0.05, 0.1) is 0 Å². The summed E-state index contributed by atoms with van der Waals surface area (Å²) in [6.45, 7) is 11.4. The third-order valence-electron chi connectivity index (χ3n) is 2.45. The predicted octanol–water partition coefficient (Wildman–Crippen LogP) is 4.18. The Balaban J connectivity index is 3.04. The zero-order valence-corrected chi connectivity index (χ0v) is 10.1. The molecule has 0 N–H and O–H groups in total. The van der Waals surface area contributed by atoms with Crippen molar-refractivity contribution in [3.8, 4) is 0 Å². The van der Waals surface area contributed by atoms with Crippen molar-refractivity contribution < 1.29 is 0 Å². The first kappa shape index (κ1) is 11.3. The molecule has 0 saturated heterocycles. The van der Waals surface area contributed by atoms with E-state index in [1.807, 2.05) is 0 Å². The predicted molar refractivity (Wildman–Crippen MR) is 63.7 cm³/mol. The van der Waals surface area contributed by atoms with Gasteiger partial charge in [-0.1, -0.05) is 58.9 Å². The molecule has 0 aliphatic carbocycles. The van der Waals surface area contributed by atoms with E-state index in [1.165, 1.54) is 17.5 Å². The fourth-order valence-corrected chi connectivity index (χ4v) is 1.87. The fourth-order valence-electron chi connectivity index (χ4n) is 1.87. The van der Waals surface area contributed by atoms with E-state index < -0.39 is 0 Å². The monoisotopic (exact) mass is 190 g/mol. The summed E-state index contributed by atoms with van der Waals surface area (Å²) in [5.41, 5.74) is 3.27. The number of benzene rings is 1. The lowest BCUT2D eigenvalue weighted by Crippen LogP contribution is -2.15. The summed E-state index contributed by atoms with van der Waals surface area (Å²) in [7, 11) is 0. The van der Waals surface area contributed by atoms with Crippen molar-refractivity contribution in [3.63, 3.8) is 0 Å². The smallest absolute Gasteiger partial charge is 0.0129 e. The first-order chi connectivity index (χ1) is 6.41. The van der Waals surface area contributed by atoms with Crippen LogP contribution in [0.15, 0.2) is 24.3 Å². The van der Waals surface area contributed by atoms with Crippen LogP contribution in [0.1, 0.15) is 45.7 Å². The van der Waals surface area contributed by atoms with E-state index in [0.717, 1.165) is 5.92 Å². The van der Waals surface area contributed by atoms with Gasteiger partial charge in [-0.05, 0) is 28.9 Å². The number of rotatable bonds is 2. The summed E-state index contributed by atoms with van der Waals surface area (Å²) < 4.78 is 0. The Kier molecular flexibility index (Phi) is 3.36. The highest BCUT2D eigenvalue weighted by atomic mass is 14.2. The molecule has 0 nitrogen and oxygen atoms in total. The quantitative estimate of drug-likeness (QED) is 0.656. The molecule has 0 heteroatoms. The normalized spacial score (nSPS) is 12.1. The van der Waals surface area contributed by atoms with Crippen LogP contribution in [0.3, 0.4) is 0 Å². The molecule has 0 fully saturated rings. The molecule has 1 aromatic rings. The van der Waals surface area contributed by atoms with Gasteiger partial charge in [0.25, 0.3) is 0 Å². The van der Waals surface area contributed by atoms with Crippen LogP contribution in [0.25, 0.3) is 0 Å². The number of hydrogen-bond acceptors (Lipinski definition) is 0. The molecule has 0 spiro atoms. The van der Waals surface area contributed by atoms with Gasteiger partial charge >= 0.3 is 0 Å². The molecule has 78 valence electrons. The van der Waals surface area contributed by atoms with Gasteiger partial charge in [-0.15, -0.1) is 0 Å². The molecule has 0 unspecified atom stereocenters. The van der Waals surface area contributed by atoms with Gasteiger partial charge in [-0.3, -0.25) is 0 Å². The van der Waals surface area contributed by atoms with Crippen molar-refractivity contribution in [1.82, 2.24) is 0 Å². The van der Waals surface area contributed by atoms with Gasteiger partial charge in [-0.25, -0.2) is 0 Å². The summed E-state index contributed by atoms with van der Waals surface area (Å²) in [5, 5.41) is 0. The van der Waals surface area contributed by atoms with Gasteiger partial charge < -0.3 is 0 Å². The van der Waals surface area contributed by atoms with E-state index in [0.29, 0.717) is 0 Å². The fraction of sp³-hybridized carbons (Fsp3) is 0.571. The minimum atomic E-state index is 0.269. The Morgan fingerprint density at radius 2 is 1.64 bits per heavy atom. The molecule has 0 bridgehead atoms. The van der Waals surface area contributed by atoms with E-state index in [1.54, 1.807) is 0 Å². The van der Waals surface area contributed by atoms with Crippen LogP contribution in [0.4, 0.5) is 0 Å². The molecule has 0 aromatic heterocycles. The lowest BCUT2D eigenvalue weighted by Gasteiger charge is -2.23. The molecule has 0 atom stereocenters. The minimum absolute atomic E-state index is 0.269. The molecule has 0 amide bonds. The molecular formula is C14H22. The molecule has 0 heterocycles. The van der Waals surface area contributed by atoms with Gasteiger partial charge in [0.15, 0.2) is 0 Å². The van der Waals surface area contributed by atoms with Crippen molar-refractivity contribution in [2.24, 2.45) is 5.92 Å². The molecule has 0 aliphatic heterocycles. The third kappa shape index (κ3) is 2.87. The standard InChI is InChI=1S/C14H22/c1-11(2)10-12-8-6-7-9-13(12)14(3,4)5/h6-9,11H,10H2,1-5H3. The summed E-state index contributed by atoms with van der Waals surface area (Å²) in [5.74, 6) is 0.735. The summed E-state index contributed by atoms with van der Waals surface area (Å²) in [6.07, 6.45) is 1.19. The summed E-state index contributed by atoms with van der Waals surface area (Å²) in [4.78, 5) is 0. The highest BCUT2D eigenvalue weighted by Gasteiger charge is 2.17. The highest BCUT2D eigenvalue weighted by molar-refractivity contribution is 5.32. The molecule has 1 aromatic carbocycles. The van der Waals surface area contributed by atoms with Crippen LogP contribution in [0.2, 0.25) is 0 Å². The van der Waals surface area contributed by atoms with Crippen LogP contribution >= 0.6 is 0 Å². The van der Waals surface area contributed by atoms with E-state index in [9.17, 15) is 0 Å². The van der Waals surface area contributed by atoms with Crippen molar-refractivity contribution in [3.05, 3.63) is 35.4 Å². The lowest BCUT2D eigenvalue weighted by atomic mass is 9.82. The molecule has 0 aliphatic rings. The Morgan fingerprint density at radius 3 is 2.14 bits per heavy atom. The lowest BCUT2D eigenvalue weighted by molar-refractivity contribution is 0.566. The van der Waals surface area contributed by atoms with Gasteiger partial charge in [-0.2, -0.15) is 0 Å². The molecular weight excluding hydrogens is 168 g/mol. The Bertz CT molecular complexity index is 289. The summed E-state index contributed by atoms with van der Waals surface area (Å²) >= 11 is 0. The van der Waals surface area contributed by atoms with Crippen molar-refractivity contribution in [2.75, 3.05) is 0 Å². The maximum Gasteiger partial charge on any atom is -0.0129 e. The van der Waals surface area contributed by atoms with Crippen LogP contribution in [-0.4, -0.2) is 0 Å². The van der Waals surface area contributed by atoms with Gasteiger partial charge in [0.2, 0.25) is 0 Å². The maximum atomic E-state index is 2.28.